The third kappa shape index (κ3) is 8.16. The van der Waals surface area contributed by atoms with Gasteiger partial charge in [0.15, 0.2) is 52.2 Å². The molecule has 3 fully saturated rings. The summed E-state index contributed by atoms with van der Waals surface area (Å²) in [5, 5.41) is 54.4. The first-order valence-electron chi connectivity index (χ1n) is 19.0. The first kappa shape index (κ1) is 45.5. The number of aliphatic hydroxyl groups is 5. The van der Waals surface area contributed by atoms with Crippen LogP contribution in [0.15, 0.2) is 33.4 Å². The van der Waals surface area contributed by atoms with E-state index in [0.717, 1.165) is 32.7 Å². The van der Waals surface area contributed by atoms with E-state index in [9.17, 15) is 58.8 Å². The summed E-state index contributed by atoms with van der Waals surface area (Å²) in [5.74, 6) is -0.993. The molecular weight excluding hydrogens is 936 g/mol. The summed E-state index contributed by atoms with van der Waals surface area (Å²) in [4.78, 5) is 89.4. The van der Waals surface area contributed by atoms with Crippen LogP contribution in [0.1, 0.15) is 18.7 Å². The van der Waals surface area contributed by atoms with Crippen molar-refractivity contribution in [2.24, 2.45) is 0 Å². The van der Waals surface area contributed by atoms with Crippen molar-refractivity contribution in [2.75, 3.05) is 37.0 Å². The molecular formula is C30H37N15O19P2. The molecule has 9 rings (SSSR count). The molecule has 0 aliphatic carbocycles. The van der Waals surface area contributed by atoms with Gasteiger partial charge >= 0.3 is 15.6 Å². The number of imidazole rings is 3. The zero-order valence-corrected chi connectivity index (χ0v) is 34.8. The molecule has 6 aromatic rings. The second-order valence-electron chi connectivity index (χ2n) is 14.8. The van der Waals surface area contributed by atoms with Gasteiger partial charge in [-0.25, -0.2) is 24.1 Å². The Labute approximate surface area is 362 Å². The number of aliphatic hydroxyl groups excluding tert-OH is 5. The second kappa shape index (κ2) is 16.9. The number of phosphoric acid groups is 2. The molecule has 3 saturated heterocycles. The lowest BCUT2D eigenvalue weighted by Gasteiger charge is -2.25. The number of ether oxygens (including phenoxy) is 3. The topological polar surface area (TPSA) is 509 Å². The van der Waals surface area contributed by atoms with Crippen molar-refractivity contribution >= 4 is 67.0 Å². The van der Waals surface area contributed by atoms with Crippen LogP contribution in [0, 0.1) is 0 Å². The maximum absolute atomic E-state index is 13.5. The average molecular weight is 974 g/mol. The molecule has 0 saturated carbocycles. The predicted molar refractivity (Wildman–Crippen MR) is 212 cm³/mol. The van der Waals surface area contributed by atoms with Gasteiger partial charge in [-0.3, -0.25) is 61.1 Å². The van der Waals surface area contributed by atoms with Crippen molar-refractivity contribution in [2.45, 2.75) is 73.6 Å². The number of aromatic amines is 3. The van der Waals surface area contributed by atoms with Gasteiger partial charge in [-0.2, -0.15) is 15.0 Å². The normalized spacial score (nSPS) is 31.0. The molecule has 356 valence electrons. The van der Waals surface area contributed by atoms with Gasteiger partial charge in [0.25, 0.3) is 16.7 Å². The lowest BCUT2D eigenvalue weighted by atomic mass is 10.1. The summed E-state index contributed by atoms with van der Waals surface area (Å²) in [5.41, 5.74) is 13.6. The molecule has 3 aliphatic rings. The Morgan fingerprint density at radius 1 is 0.576 bits per heavy atom. The lowest BCUT2D eigenvalue weighted by molar-refractivity contribution is -0.0618. The molecule has 0 bridgehead atoms. The van der Waals surface area contributed by atoms with E-state index >= 15 is 0 Å². The Morgan fingerprint density at radius 2 is 0.924 bits per heavy atom. The number of anilines is 3. The molecule has 0 aromatic carbocycles. The third-order valence-electron chi connectivity index (χ3n) is 10.6. The van der Waals surface area contributed by atoms with Gasteiger partial charge in [0, 0.05) is 0 Å². The predicted octanol–water partition coefficient (Wildman–Crippen LogP) is -5.73. The minimum Gasteiger partial charge on any atom is -0.394 e. The Bertz CT molecular complexity index is 3100. The summed E-state index contributed by atoms with van der Waals surface area (Å²) in [6.07, 6.45) is -17.8. The van der Waals surface area contributed by atoms with E-state index in [2.05, 4.69) is 44.9 Å². The first-order valence-corrected chi connectivity index (χ1v) is 22.0. The van der Waals surface area contributed by atoms with Crippen molar-refractivity contribution in [3.05, 3.63) is 50.0 Å². The number of aromatic nitrogens is 12. The van der Waals surface area contributed by atoms with Crippen LogP contribution >= 0.6 is 15.6 Å². The molecule has 66 heavy (non-hydrogen) atoms. The number of H-pyrrole nitrogens is 3. The maximum Gasteiger partial charge on any atom is 0.472 e. The largest absolute Gasteiger partial charge is 0.472 e. The average Bonchev–Trinajstić information content (AvgIpc) is 4.10. The molecule has 14 unspecified atom stereocenters. The number of nitrogen functional groups attached to an aromatic ring is 3. The van der Waals surface area contributed by atoms with Crippen molar-refractivity contribution < 1.29 is 76.8 Å². The summed E-state index contributed by atoms with van der Waals surface area (Å²) < 4.78 is 68.3. The number of nitrogens with one attached hydrogen (secondary N) is 3. The number of rotatable bonds is 14. The third-order valence-corrected chi connectivity index (χ3v) is 12.6. The number of nitrogens with two attached hydrogens (primary N) is 3. The Hall–Kier alpha value is -5.65. The van der Waals surface area contributed by atoms with Crippen LogP contribution in [0.5, 0.6) is 0 Å². The highest BCUT2D eigenvalue weighted by Gasteiger charge is 2.53. The van der Waals surface area contributed by atoms with Crippen LogP contribution in [0.4, 0.5) is 17.8 Å². The lowest BCUT2D eigenvalue weighted by Crippen LogP contribution is -2.37. The van der Waals surface area contributed by atoms with Crippen molar-refractivity contribution in [1.82, 2.24) is 58.6 Å². The van der Waals surface area contributed by atoms with Crippen LogP contribution in [-0.2, 0) is 41.4 Å². The molecule has 3 aliphatic heterocycles. The molecule has 0 spiro atoms. The standard InChI is InChI=1S/C30H37N15O19P2/c31-28-37-19-10(22(51)40-28)34-4-43(19)25-14(48)13(47)8(61-25)2-58-65(54,55)64-18-9(62-27(16(18)50)45-6-36-12-21(45)39-30(33)42-24(12)53)3-59-66(56,57)63-17-7(1-46)60-26(15(17)49)44-5-35-11-20(44)38-29(32)41-23(11)52/h4-9,13-18,25-27,46-50H,1-3H2,(H,54,55)(H,56,57)(H3,31,37,40,51)(H3,32,38,41,52)(H3,33,39,42,53). The molecule has 16 N–H and O–H groups in total. The summed E-state index contributed by atoms with van der Waals surface area (Å²) >= 11 is 0. The molecule has 0 amide bonds. The maximum atomic E-state index is 13.5. The van der Waals surface area contributed by atoms with Gasteiger partial charge < -0.3 is 66.7 Å². The van der Waals surface area contributed by atoms with E-state index in [1.165, 1.54) is 0 Å². The van der Waals surface area contributed by atoms with E-state index < -0.39 is 126 Å². The van der Waals surface area contributed by atoms with Gasteiger partial charge in [-0.15, -0.1) is 0 Å². The zero-order valence-electron chi connectivity index (χ0n) is 33.0. The highest BCUT2D eigenvalue weighted by molar-refractivity contribution is 7.47. The molecule has 14 atom stereocenters. The number of hydrogen-bond donors (Lipinski definition) is 13. The van der Waals surface area contributed by atoms with Gasteiger partial charge in [-0.1, -0.05) is 0 Å². The summed E-state index contributed by atoms with van der Waals surface area (Å²) in [7, 11) is -10.8. The first-order chi connectivity index (χ1) is 31.2. The molecule has 9 heterocycles. The SMILES string of the molecule is Nc1nc2c(ncn2C2OC(COP(=O)(O)OC3C(COP(=O)(O)OC4C(CO)OC(n5cnc6c(=O)[nH]c(N)nc65)C4O)OC(n4cnc5c(=O)[nH]c(N)nc54)C3O)C(O)C2O)c(=O)[nH]1. The fraction of sp³-hybridized carbons (Fsp3) is 0.500. The van der Waals surface area contributed by atoms with E-state index in [1.807, 2.05) is 0 Å². The van der Waals surface area contributed by atoms with Crippen molar-refractivity contribution in [1.29, 1.82) is 0 Å². The van der Waals surface area contributed by atoms with Crippen LogP contribution in [-0.4, -0.2) is 169 Å². The minimum atomic E-state index is -5.44. The molecule has 36 heteroatoms. The van der Waals surface area contributed by atoms with Gasteiger partial charge in [0.05, 0.1) is 38.8 Å². The van der Waals surface area contributed by atoms with Crippen molar-refractivity contribution in [3.8, 4) is 0 Å². The molecule has 6 aromatic heterocycles. The Morgan fingerprint density at radius 3 is 1.33 bits per heavy atom. The van der Waals surface area contributed by atoms with Crippen LogP contribution < -0.4 is 33.9 Å². The quantitative estimate of drug-likeness (QED) is 0.0452. The number of hydrogen-bond acceptors (Lipinski definition) is 26. The van der Waals surface area contributed by atoms with Gasteiger partial charge in [0.1, 0.15) is 54.9 Å². The van der Waals surface area contributed by atoms with Crippen LogP contribution in [0.2, 0.25) is 0 Å². The summed E-state index contributed by atoms with van der Waals surface area (Å²) in [6.45, 7) is -2.97. The van der Waals surface area contributed by atoms with E-state index in [4.69, 9.17) is 49.5 Å². The van der Waals surface area contributed by atoms with Crippen molar-refractivity contribution in [3.63, 3.8) is 0 Å². The van der Waals surface area contributed by atoms with Gasteiger partial charge in [0.2, 0.25) is 17.8 Å². The summed E-state index contributed by atoms with van der Waals surface area (Å²) in [6, 6.07) is 0. The number of nitrogens with zero attached hydrogens (tertiary/aromatic N) is 9. The Balaban J connectivity index is 0.924. The van der Waals surface area contributed by atoms with Gasteiger partial charge in [-0.05, 0) is 0 Å². The van der Waals surface area contributed by atoms with E-state index in [0.29, 0.717) is 0 Å². The van der Waals surface area contributed by atoms with Crippen LogP contribution in [0.25, 0.3) is 33.5 Å². The minimum absolute atomic E-state index is 0.134. The fourth-order valence-electron chi connectivity index (χ4n) is 7.63. The highest BCUT2D eigenvalue weighted by atomic mass is 31.2. The second-order valence-corrected chi connectivity index (χ2v) is 17.6. The highest BCUT2D eigenvalue weighted by Crippen LogP contribution is 2.52. The number of fused-ring (bicyclic) bond motifs is 3. The fourth-order valence-corrected chi connectivity index (χ4v) is 9.56. The number of phosphoric ester groups is 2. The Kier molecular flexibility index (Phi) is 11.7. The zero-order chi connectivity index (χ0) is 47.1. The van der Waals surface area contributed by atoms with E-state index in [-0.39, 0.29) is 51.3 Å². The monoisotopic (exact) mass is 973 g/mol. The van der Waals surface area contributed by atoms with E-state index in [1.54, 1.807) is 0 Å². The molecule has 0 radical (unpaired) electrons. The molecule has 34 nitrogen and oxygen atoms in total. The van der Waals surface area contributed by atoms with Crippen LogP contribution in [0.3, 0.4) is 0 Å². The smallest absolute Gasteiger partial charge is 0.394 e.